The zero-order valence-corrected chi connectivity index (χ0v) is 19.8. The van der Waals surface area contributed by atoms with Crippen LogP contribution in [0.15, 0.2) is 4.99 Å². The number of carboxylic acids is 1. The summed E-state index contributed by atoms with van der Waals surface area (Å²) in [6.07, 6.45) is -2.50. The number of amides is 5. The van der Waals surface area contributed by atoms with Gasteiger partial charge in [-0.3, -0.25) is 29.0 Å². The molecule has 0 spiro atoms. The molecule has 0 aliphatic carbocycles. The van der Waals surface area contributed by atoms with E-state index in [1.54, 1.807) is 0 Å². The summed E-state index contributed by atoms with van der Waals surface area (Å²) in [7, 11) is 0. The summed E-state index contributed by atoms with van der Waals surface area (Å²) >= 11 is 0. The first-order valence-electron chi connectivity index (χ1n) is 10.8. The average molecular weight is 518 g/mol. The molecule has 17 nitrogen and oxygen atoms in total. The van der Waals surface area contributed by atoms with Crippen LogP contribution in [-0.4, -0.2) is 88.5 Å². The Morgan fingerprint density at radius 2 is 1.33 bits per heavy atom. The van der Waals surface area contributed by atoms with E-state index < -0.39 is 72.2 Å². The number of hydrogen-bond donors (Lipinski definition) is 10. The zero-order chi connectivity index (χ0) is 28.0. The molecular formula is C19H35N9O8. The summed E-state index contributed by atoms with van der Waals surface area (Å²) in [5.41, 5.74) is 26.2. The molecule has 0 aromatic carbocycles. The van der Waals surface area contributed by atoms with Gasteiger partial charge in [-0.15, -0.1) is 0 Å². The number of primary amides is 2. The molecule has 0 aromatic heterocycles. The van der Waals surface area contributed by atoms with E-state index in [-0.39, 0.29) is 38.2 Å². The van der Waals surface area contributed by atoms with Gasteiger partial charge in [0.05, 0.1) is 12.5 Å². The number of aliphatic carboxylic acids is 1. The van der Waals surface area contributed by atoms with E-state index in [0.717, 1.165) is 0 Å². The van der Waals surface area contributed by atoms with E-state index in [0.29, 0.717) is 0 Å². The second-order valence-corrected chi connectivity index (χ2v) is 7.91. The van der Waals surface area contributed by atoms with Crippen LogP contribution in [0.2, 0.25) is 0 Å². The van der Waals surface area contributed by atoms with Crippen molar-refractivity contribution >= 4 is 41.5 Å². The minimum Gasteiger partial charge on any atom is -0.480 e. The van der Waals surface area contributed by atoms with Crippen molar-refractivity contribution in [1.29, 1.82) is 0 Å². The maximum atomic E-state index is 12.8. The van der Waals surface area contributed by atoms with Crippen molar-refractivity contribution in [2.45, 2.75) is 69.3 Å². The summed E-state index contributed by atoms with van der Waals surface area (Å²) in [5, 5.41) is 25.5. The van der Waals surface area contributed by atoms with Gasteiger partial charge in [0.2, 0.25) is 29.5 Å². The van der Waals surface area contributed by atoms with Gasteiger partial charge in [-0.05, 0) is 26.2 Å². The third-order valence-electron chi connectivity index (χ3n) is 4.73. The Hall–Kier alpha value is -3.99. The lowest BCUT2D eigenvalue weighted by atomic mass is 10.1. The molecule has 204 valence electrons. The molecule has 36 heavy (non-hydrogen) atoms. The number of aliphatic hydroxyl groups is 1. The van der Waals surface area contributed by atoms with Crippen LogP contribution >= 0.6 is 0 Å². The topological polar surface area (TPSA) is 321 Å². The Morgan fingerprint density at radius 3 is 1.81 bits per heavy atom. The summed E-state index contributed by atoms with van der Waals surface area (Å²) in [4.78, 5) is 75.6. The van der Waals surface area contributed by atoms with Crippen LogP contribution in [0.3, 0.4) is 0 Å². The van der Waals surface area contributed by atoms with Gasteiger partial charge >= 0.3 is 5.97 Å². The van der Waals surface area contributed by atoms with E-state index in [9.17, 15) is 39.0 Å². The van der Waals surface area contributed by atoms with Gasteiger partial charge in [0.1, 0.15) is 24.2 Å². The highest BCUT2D eigenvalue weighted by atomic mass is 16.4. The fourth-order valence-electron chi connectivity index (χ4n) is 2.76. The van der Waals surface area contributed by atoms with Gasteiger partial charge < -0.3 is 54.8 Å². The minimum atomic E-state index is -1.62. The van der Waals surface area contributed by atoms with Crippen LogP contribution in [-0.2, 0) is 28.8 Å². The molecule has 0 heterocycles. The summed E-state index contributed by atoms with van der Waals surface area (Å²) in [5.74, 6) is -6.36. The van der Waals surface area contributed by atoms with E-state index in [4.69, 9.17) is 28.7 Å². The van der Waals surface area contributed by atoms with E-state index >= 15 is 0 Å². The number of nitrogens with one attached hydrogen (secondary N) is 3. The SMILES string of the molecule is CC(O)C(N)C(=O)NC(CCC(N)=O)C(=O)NC(CC(N)=O)C(=O)NC(CCCN=C(N)N)C(=O)O. The Labute approximate surface area is 206 Å². The number of carbonyl (C=O) groups excluding carboxylic acids is 5. The molecule has 5 atom stereocenters. The number of aliphatic hydroxyl groups excluding tert-OH is 1. The molecule has 0 saturated heterocycles. The fourth-order valence-corrected chi connectivity index (χ4v) is 2.76. The van der Waals surface area contributed by atoms with Crippen molar-refractivity contribution in [3.05, 3.63) is 0 Å². The summed E-state index contributed by atoms with van der Waals surface area (Å²) in [6.45, 7) is 1.34. The molecular weight excluding hydrogens is 482 g/mol. The van der Waals surface area contributed by atoms with Crippen LogP contribution in [0.1, 0.15) is 39.0 Å². The van der Waals surface area contributed by atoms with Crippen LogP contribution in [0, 0.1) is 0 Å². The highest BCUT2D eigenvalue weighted by Crippen LogP contribution is 2.04. The third-order valence-corrected chi connectivity index (χ3v) is 4.73. The highest BCUT2D eigenvalue weighted by Gasteiger charge is 2.31. The lowest BCUT2D eigenvalue weighted by Gasteiger charge is -2.25. The molecule has 0 saturated carbocycles. The predicted octanol–water partition coefficient (Wildman–Crippen LogP) is -5.57. The number of nitrogens with zero attached hydrogens (tertiary/aromatic N) is 1. The predicted molar refractivity (Wildman–Crippen MR) is 125 cm³/mol. The van der Waals surface area contributed by atoms with Gasteiger partial charge in [-0.25, -0.2) is 4.79 Å². The Kier molecular flexibility index (Phi) is 14.1. The molecule has 0 radical (unpaired) electrons. The van der Waals surface area contributed by atoms with Crippen molar-refractivity contribution in [3.8, 4) is 0 Å². The van der Waals surface area contributed by atoms with E-state index in [1.165, 1.54) is 6.92 Å². The van der Waals surface area contributed by atoms with Crippen molar-refractivity contribution in [2.24, 2.45) is 33.7 Å². The molecule has 5 amide bonds. The molecule has 0 fully saturated rings. The van der Waals surface area contributed by atoms with Gasteiger partial charge in [0, 0.05) is 13.0 Å². The van der Waals surface area contributed by atoms with Gasteiger partial charge in [-0.1, -0.05) is 0 Å². The quantitative estimate of drug-likeness (QED) is 0.0492. The lowest BCUT2D eigenvalue weighted by molar-refractivity contribution is -0.142. The first kappa shape index (κ1) is 32.0. The number of guanidine groups is 1. The Balaban J connectivity index is 5.55. The average Bonchev–Trinajstić information content (AvgIpc) is 2.76. The standard InChI is InChI=1S/C19H35N9O8/c1-8(29)14(22)17(34)26-9(4-5-12(20)30)15(32)28-11(7-13(21)31)16(33)27-10(18(35)36)3-2-6-25-19(23)24/h8-11,14,29H,2-7,22H2,1H3,(H2,20,30)(H2,21,31)(H,26,34)(H,27,33)(H,28,32)(H,35,36)(H4,23,24,25). The monoisotopic (exact) mass is 517 g/mol. The molecule has 0 aliphatic heterocycles. The normalized spacial score (nSPS) is 14.8. The second kappa shape index (κ2) is 15.8. The van der Waals surface area contributed by atoms with Crippen molar-refractivity contribution in [1.82, 2.24) is 16.0 Å². The molecule has 0 aliphatic rings. The van der Waals surface area contributed by atoms with Crippen molar-refractivity contribution in [3.63, 3.8) is 0 Å². The number of aliphatic imine (C=N–C) groups is 1. The fraction of sp³-hybridized carbons (Fsp3) is 0.632. The summed E-state index contributed by atoms with van der Waals surface area (Å²) in [6, 6.07) is -5.87. The van der Waals surface area contributed by atoms with Crippen molar-refractivity contribution in [2.75, 3.05) is 6.54 Å². The summed E-state index contributed by atoms with van der Waals surface area (Å²) < 4.78 is 0. The van der Waals surface area contributed by atoms with Crippen molar-refractivity contribution < 1.29 is 39.0 Å². The molecule has 0 aromatic rings. The largest absolute Gasteiger partial charge is 0.480 e. The lowest BCUT2D eigenvalue weighted by Crippen LogP contribution is -2.58. The van der Waals surface area contributed by atoms with Crippen LogP contribution in [0.5, 0.6) is 0 Å². The molecule has 15 N–H and O–H groups in total. The first-order chi connectivity index (χ1) is 16.6. The number of nitrogens with two attached hydrogens (primary N) is 5. The van der Waals surface area contributed by atoms with E-state index in [2.05, 4.69) is 20.9 Å². The molecule has 5 unspecified atom stereocenters. The van der Waals surface area contributed by atoms with Crippen LogP contribution < -0.4 is 44.6 Å². The molecule has 0 rings (SSSR count). The number of hydrogen-bond acceptors (Lipinski definition) is 9. The number of rotatable bonds is 17. The highest BCUT2D eigenvalue weighted by molar-refractivity contribution is 5.96. The molecule has 0 bridgehead atoms. The van der Waals surface area contributed by atoms with Gasteiger partial charge in [0.25, 0.3) is 0 Å². The minimum absolute atomic E-state index is 0.0797. The molecule has 17 heteroatoms. The second-order valence-electron chi connectivity index (χ2n) is 7.91. The number of carboxylic acid groups (broad SMARTS) is 1. The third kappa shape index (κ3) is 13.0. The maximum absolute atomic E-state index is 12.8. The number of carbonyl (C=O) groups is 6. The first-order valence-corrected chi connectivity index (χ1v) is 10.8. The maximum Gasteiger partial charge on any atom is 0.326 e. The van der Waals surface area contributed by atoms with E-state index in [1.807, 2.05) is 0 Å². The van der Waals surface area contributed by atoms with Crippen LogP contribution in [0.4, 0.5) is 0 Å². The van der Waals surface area contributed by atoms with Gasteiger partial charge in [0.15, 0.2) is 5.96 Å². The van der Waals surface area contributed by atoms with Gasteiger partial charge in [-0.2, -0.15) is 0 Å². The van der Waals surface area contributed by atoms with Crippen LogP contribution in [0.25, 0.3) is 0 Å². The Morgan fingerprint density at radius 1 is 0.806 bits per heavy atom. The Bertz CT molecular complexity index is 845. The smallest absolute Gasteiger partial charge is 0.326 e. The zero-order valence-electron chi connectivity index (χ0n) is 19.8.